The van der Waals surface area contributed by atoms with E-state index < -0.39 is 17.5 Å². The van der Waals surface area contributed by atoms with Gasteiger partial charge in [0.1, 0.15) is 18.2 Å². The Morgan fingerprint density at radius 3 is 2.58 bits per heavy atom. The van der Waals surface area contributed by atoms with Crippen molar-refractivity contribution in [3.63, 3.8) is 0 Å². The topological polar surface area (TPSA) is 67.2 Å². The molecular formula is C16H16F2N4O2. The number of aromatic nitrogens is 2. The molecule has 0 unspecified atom stereocenters. The highest BCUT2D eigenvalue weighted by Gasteiger charge is 2.08. The number of carbonyl (C=O) groups is 2. The molecule has 0 aliphatic carbocycles. The number of anilines is 1. The molecule has 0 saturated heterocycles. The largest absolute Gasteiger partial charge is 0.347 e. The smallest absolute Gasteiger partial charge is 0.248 e. The maximum absolute atomic E-state index is 13.4. The number of hydrogen-bond acceptors (Lipinski definition) is 3. The lowest BCUT2D eigenvalue weighted by atomic mass is 10.2. The van der Waals surface area contributed by atoms with Crippen LogP contribution in [0.5, 0.6) is 0 Å². The van der Waals surface area contributed by atoms with Gasteiger partial charge in [-0.3, -0.25) is 14.3 Å². The number of amides is 2. The van der Waals surface area contributed by atoms with Crippen molar-refractivity contribution in [2.24, 2.45) is 0 Å². The second-order valence-corrected chi connectivity index (χ2v) is 5.17. The number of halogens is 2. The minimum absolute atomic E-state index is 0.0408. The van der Waals surface area contributed by atoms with Crippen molar-refractivity contribution in [2.45, 2.75) is 6.54 Å². The van der Waals surface area contributed by atoms with Crippen LogP contribution in [0.4, 0.5) is 14.5 Å². The van der Waals surface area contributed by atoms with Gasteiger partial charge in [-0.05, 0) is 18.2 Å². The molecule has 8 heteroatoms. The van der Waals surface area contributed by atoms with Gasteiger partial charge in [-0.15, -0.1) is 0 Å². The van der Waals surface area contributed by atoms with Crippen molar-refractivity contribution < 1.29 is 18.4 Å². The quantitative estimate of drug-likeness (QED) is 0.849. The Hall–Kier alpha value is -3.03. The number of likely N-dealkylation sites (N-methyl/N-ethyl adjacent to an activating group) is 1. The number of hydrogen-bond donors (Lipinski definition) is 1. The van der Waals surface area contributed by atoms with Crippen molar-refractivity contribution in [3.8, 4) is 0 Å². The molecular weight excluding hydrogens is 318 g/mol. The van der Waals surface area contributed by atoms with Gasteiger partial charge in [-0.25, -0.2) is 8.78 Å². The average molecular weight is 334 g/mol. The van der Waals surface area contributed by atoms with Crippen molar-refractivity contribution in [1.29, 1.82) is 0 Å². The Kier molecular flexibility index (Phi) is 5.41. The van der Waals surface area contributed by atoms with Crippen LogP contribution in [-0.4, -0.2) is 40.6 Å². The van der Waals surface area contributed by atoms with Crippen LogP contribution in [0.3, 0.4) is 0 Å². The molecule has 0 saturated carbocycles. The van der Waals surface area contributed by atoms with Gasteiger partial charge in [-0.1, -0.05) is 6.07 Å². The summed E-state index contributed by atoms with van der Waals surface area (Å²) in [7, 11) is 3.25. The van der Waals surface area contributed by atoms with E-state index in [9.17, 15) is 18.4 Å². The van der Waals surface area contributed by atoms with Crippen molar-refractivity contribution in [1.82, 2.24) is 14.7 Å². The van der Waals surface area contributed by atoms with E-state index in [1.165, 1.54) is 28.0 Å². The second-order valence-electron chi connectivity index (χ2n) is 5.17. The fourth-order valence-corrected chi connectivity index (χ4v) is 1.81. The fraction of sp³-hybridized carbons (Fsp3) is 0.188. The van der Waals surface area contributed by atoms with E-state index in [0.29, 0.717) is 5.69 Å². The molecule has 24 heavy (non-hydrogen) atoms. The molecule has 1 heterocycles. The number of rotatable bonds is 5. The number of nitrogens with one attached hydrogen (secondary N) is 1. The summed E-state index contributed by atoms with van der Waals surface area (Å²) in [4.78, 5) is 24.8. The Balaban J connectivity index is 1.99. The highest BCUT2D eigenvalue weighted by Crippen LogP contribution is 2.14. The van der Waals surface area contributed by atoms with Crippen molar-refractivity contribution in [3.05, 3.63) is 53.9 Å². The summed E-state index contributed by atoms with van der Waals surface area (Å²) in [5, 5.41) is 6.44. The van der Waals surface area contributed by atoms with E-state index in [0.717, 1.165) is 24.3 Å². The first-order valence-electron chi connectivity index (χ1n) is 7.02. The molecule has 126 valence electrons. The number of nitrogens with zero attached hydrogens (tertiary/aromatic N) is 3. The third-order valence-electron chi connectivity index (χ3n) is 3.10. The van der Waals surface area contributed by atoms with E-state index in [1.54, 1.807) is 14.1 Å². The Labute approximate surface area is 137 Å². The summed E-state index contributed by atoms with van der Waals surface area (Å²) < 4.78 is 28.3. The molecule has 1 aromatic carbocycles. The summed E-state index contributed by atoms with van der Waals surface area (Å²) in [6.07, 6.45) is 4.93. The maximum atomic E-state index is 13.4. The van der Waals surface area contributed by atoms with Crippen LogP contribution >= 0.6 is 0 Å². The second kappa shape index (κ2) is 7.49. The summed E-state index contributed by atoms with van der Waals surface area (Å²) in [6.45, 7) is 0.0408. The van der Waals surface area contributed by atoms with Crippen LogP contribution < -0.4 is 5.32 Å². The summed E-state index contributed by atoms with van der Waals surface area (Å²) in [5.74, 6) is -2.23. The Morgan fingerprint density at radius 1 is 1.29 bits per heavy atom. The zero-order valence-corrected chi connectivity index (χ0v) is 13.2. The third kappa shape index (κ3) is 4.48. The predicted octanol–water partition coefficient (Wildman–Crippen LogP) is 1.90. The monoisotopic (exact) mass is 334 g/mol. The van der Waals surface area contributed by atoms with Gasteiger partial charge in [0, 0.05) is 31.9 Å². The zero-order chi connectivity index (χ0) is 17.7. The summed E-state index contributed by atoms with van der Waals surface area (Å²) in [5.41, 5.74) is 0.0742. The van der Waals surface area contributed by atoms with E-state index in [4.69, 9.17) is 0 Å². The molecule has 1 aromatic heterocycles. The van der Waals surface area contributed by atoms with Crippen LogP contribution in [0, 0.1) is 11.6 Å². The molecule has 0 bridgehead atoms. The van der Waals surface area contributed by atoms with Gasteiger partial charge in [0.05, 0.1) is 11.9 Å². The van der Waals surface area contributed by atoms with Gasteiger partial charge in [0.15, 0.2) is 0 Å². The minimum Gasteiger partial charge on any atom is -0.347 e. The van der Waals surface area contributed by atoms with Crippen LogP contribution in [0.2, 0.25) is 0 Å². The minimum atomic E-state index is -0.755. The predicted molar refractivity (Wildman–Crippen MR) is 84.9 cm³/mol. The first-order chi connectivity index (χ1) is 11.4. The molecule has 0 spiro atoms. The van der Waals surface area contributed by atoms with E-state index in [-0.39, 0.29) is 18.0 Å². The Morgan fingerprint density at radius 2 is 1.96 bits per heavy atom. The number of carbonyl (C=O) groups excluding carboxylic acids is 2. The summed E-state index contributed by atoms with van der Waals surface area (Å²) in [6, 6.07) is 3.45. The van der Waals surface area contributed by atoms with Gasteiger partial charge in [0.2, 0.25) is 11.8 Å². The molecule has 1 N–H and O–H groups in total. The molecule has 6 nitrogen and oxygen atoms in total. The van der Waals surface area contributed by atoms with Crippen LogP contribution in [0.25, 0.3) is 6.08 Å². The molecule has 0 aliphatic heterocycles. The lowest BCUT2D eigenvalue weighted by Gasteiger charge is -2.09. The van der Waals surface area contributed by atoms with Crippen molar-refractivity contribution in [2.75, 3.05) is 19.4 Å². The molecule has 0 fully saturated rings. The normalized spacial score (nSPS) is 10.8. The van der Waals surface area contributed by atoms with E-state index >= 15 is 0 Å². The highest BCUT2D eigenvalue weighted by atomic mass is 19.1. The average Bonchev–Trinajstić information content (AvgIpc) is 2.93. The summed E-state index contributed by atoms with van der Waals surface area (Å²) >= 11 is 0. The molecule has 2 amide bonds. The Bertz CT molecular complexity index is 764. The molecule has 0 atom stereocenters. The molecule has 0 radical (unpaired) electrons. The van der Waals surface area contributed by atoms with Crippen LogP contribution in [-0.2, 0) is 16.1 Å². The lowest BCUT2D eigenvalue weighted by molar-refractivity contribution is -0.129. The van der Waals surface area contributed by atoms with Gasteiger partial charge >= 0.3 is 0 Å². The first-order valence-corrected chi connectivity index (χ1v) is 7.02. The van der Waals surface area contributed by atoms with E-state index in [2.05, 4.69) is 10.4 Å². The zero-order valence-electron chi connectivity index (χ0n) is 13.2. The van der Waals surface area contributed by atoms with Gasteiger partial charge in [0.25, 0.3) is 0 Å². The number of benzene rings is 1. The molecule has 0 aliphatic rings. The van der Waals surface area contributed by atoms with Gasteiger partial charge in [-0.2, -0.15) is 5.10 Å². The van der Waals surface area contributed by atoms with E-state index in [1.807, 2.05) is 0 Å². The fourth-order valence-electron chi connectivity index (χ4n) is 1.81. The van der Waals surface area contributed by atoms with Crippen molar-refractivity contribution >= 4 is 23.6 Å². The third-order valence-corrected chi connectivity index (χ3v) is 3.10. The molecule has 2 aromatic rings. The highest BCUT2D eigenvalue weighted by molar-refractivity contribution is 6.01. The van der Waals surface area contributed by atoms with Crippen LogP contribution in [0.1, 0.15) is 5.56 Å². The van der Waals surface area contributed by atoms with Gasteiger partial charge < -0.3 is 10.2 Å². The SMILES string of the molecule is CN(C)C(=O)Cn1cc(NC(=O)C=Cc2c(F)cccc2F)cn1. The lowest BCUT2D eigenvalue weighted by Crippen LogP contribution is -2.26. The maximum Gasteiger partial charge on any atom is 0.248 e. The first kappa shape index (κ1) is 17.3. The standard InChI is InChI=1S/C16H16F2N4O2/c1-21(2)16(24)10-22-9-11(8-19-22)20-15(23)7-6-12-13(17)4-3-5-14(12)18/h3-9H,10H2,1-2H3,(H,20,23). The van der Waals surface area contributed by atoms with Crippen LogP contribution in [0.15, 0.2) is 36.7 Å². The molecule has 2 rings (SSSR count).